The lowest BCUT2D eigenvalue weighted by molar-refractivity contribution is 0.185. The molecular weight excluding hydrogens is 304 g/mol. The van der Waals surface area contributed by atoms with Gasteiger partial charge in [-0.15, -0.1) is 10.2 Å². The summed E-state index contributed by atoms with van der Waals surface area (Å²) >= 11 is 0. The molecule has 3 rings (SSSR count). The zero-order chi connectivity index (χ0) is 16.9. The van der Waals surface area contributed by atoms with E-state index in [0.29, 0.717) is 25.0 Å². The number of rotatable bonds is 5. The molecule has 0 saturated heterocycles. The number of hydrogen-bond donors (Lipinski definition) is 2. The van der Waals surface area contributed by atoms with E-state index in [-0.39, 0.29) is 0 Å². The predicted octanol–water partition coefficient (Wildman–Crippen LogP) is 1.72. The van der Waals surface area contributed by atoms with Gasteiger partial charge in [0.05, 0.1) is 6.61 Å². The summed E-state index contributed by atoms with van der Waals surface area (Å²) in [7, 11) is 1.68. The molecule has 1 atom stereocenters. The molecule has 0 aliphatic carbocycles. The van der Waals surface area contributed by atoms with Crippen LogP contribution in [0.25, 0.3) is 0 Å². The van der Waals surface area contributed by atoms with Crippen molar-refractivity contribution < 1.29 is 4.74 Å². The number of nitrogens with zero attached hydrogens (tertiary/aromatic N) is 4. The number of guanidine groups is 1. The molecule has 7 nitrogen and oxygen atoms in total. The molecule has 3 N–H and O–H groups in total. The fourth-order valence-electron chi connectivity index (χ4n) is 3.01. The Morgan fingerprint density at radius 2 is 2.25 bits per heavy atom. The summed E-state index contributed by atoms with van der Waals surface area (Å²) in [5.74, 6) is 2.94. The van der Waals surface area contributed by atoms with Gasteiger partial charge in [0, 0.05) is 37.9 Å². The second-order valence-corrected chi connectivity index (χ2v) is 6.12. The largest absolute Gasteiger partial charge is 0.380 e. The van der Waals surface area contributed by atoms with Crippen LogP contribution in [-0.2, 0) is 24.3 Å². The van der Waals surface area contributed by atoms with Crippen LogP contribution < -0.4 is 11.1 Å². The molecule has 24 heavy (non-hydrogen) atoms. The highest BCUT2D eigenvalue weighted by Crippen LogP contribution is 2.20. The molecule has 0 spiro atoms. The van der Waals surface area contributed by atoms with E-state index in [4.69, 9.17) is 10.5 Å². The highest BCUT2D eigenvalue weighted by molar-refractivity contribution is 5.92. The summed E-state index contributed by atoms with van der Waals surface area (Å²) in [6, 6.07) is 7.93. The van der Waals surface area contributed by atoms with Crippen LogP contribution in [-0.4, -0.2) is 34.4 Å². The average Bonchev–Trinajstić information content (AvgIpc) is 2.96. The molecule has 0 bridgehead atoms. The molecule has 1 unspecified atom stereocenters. The number of aliphatic imine (C=N–C) groups is 1. The number of nitrogens with two attached hydrogens (primary N) is 1. The number of ether oxygens (including phenoxy) is 1. The van der Waals surface area contributed by atoms with E-state index in [1.165, 1.54) is 0 Å². The third-order valence-electron chi connectivity index (χ3n) is 4.33. The molecule has 0 fully saturated rings. The summed E-state index contributed by atoms with van der Waals surface area (Å²) in [4.78, 5) is 4.52. The standard InChI is InChI=1S/C17H24N6O/c1-12-21-22-16-8-7-13(10-23(12)16)9-19-17(18)20-15-6-4-3-5-14(15)11-24-2/h3-6,13H,7-11H2,1-2H3,(H3,18,19,20). The van der Waals surface area contributed by atoms with Gasteiger partial charge in [0.1, 0.15) is 11.6 Å². The van der Waals surface area contributed by atoms with Gasteiger partial charge in [-0.1, -0.05) is 18.2 Å². The lowest BCUT2D eigenvalue weighted by atomic mass is 9.99. The number of benzene rings is 1. The Balaban J connectivity index is 1.60. The van der Waals surface area contributed by atoms with Crippen LogP contribution in [0.1, 0.15) is 23.6 Å². The van der Waals surface area contributed by atoms with E-state index >= 15 is 0 Å². The molecule has 0 radical (unpaired) electrons. The fraction of sp³-hybridized carbons (Fsp3) is 0.471. The normalized spacial score (nSPS) is 17.6. The predicted molar refractivity (Wildman–Crippen MR) is 93.8 cm³/mol. The van der Waals surface area contributed by atoms with Crippen LogP contribution in [0, 0.1) is 12.8 Å². The van der Waals surface area contributed by atoms with Crippen molar-refractivity contribution in [1.82, 2.24) is 14.8 Å². The third kappa shape index (κ3) is 3.73. The first-order valence-corrected chi connectivity index (χ1v) is 8.20. The van der Waals surface area contributed by atoms with Gasteiger partial charge in [-0.05, 0) is 25.3 Å². The molecule has 128 valence electrons. The van der Waals surface area contributed by atoms with E-state index in [0.717, 1.165) is 42.3 Å². The van der Waals surface area contributed by atoms with E-state index in [9.17, 15) is 0 Å². The molecule has 0 amide bonds. The summed E-state index contributed by atoms with van der Waals surface area (Å²) in [5.41, 5.74) is 8.05. The van der Waals surface area contributed by atoms with Crippen LogP contribution in [0.5, 0.6) is 0 Å². The highest BCUT2D eigenvalue weighted by atomic mass is 16.5. The van der Waals surface area contributed by atoms with E-state index < -0.39 is 0 Å². The van der Waals surface area contributed by atoms with Crippen LogP contribution in [0.15, 0.2) is 29.3 Å². The molecule has 1 aromatic heterocycles. The van der Waals surface area contributed by atoms with Crippen molar-refractivity contribution in [3.63, 3.8) is 0 Å². The number of methoxy groups -OCH3 is 1. The molecule has 0 saturated carbocycles. The summed E-state index contributed by atoms with van der Waals surface area (Å²) < 4.78 is 7.39. The lowest BCUT2D eigenvalue weighted by Crippen LogP contribution is -2.27. The van der Waals surface area contributed by atoms with Crippen molar-refractivity contribution >= 4 is 11.6 Å². The number of nitrogens with one attached hydrogen (secondary N) is 1. The van der Waals surface area contributed by atoms with Crippen LogP contribution in [0.4, 0.5) is 5.69 Å². The van der Waals surface area contributed by atoms with E-state index in [2.05, 4.69) is 25.1 Å². The zero-order valence-corrected chi connectivity index (χ0v) is 14.2. The van der Waals surface area contributed by atoms with Crippen LogP contribution in [0.3, 0.4) is 0 Å². The Morgan fingerprint density at radius 1 is 1.42 bits per heavy atom. The molecule has 2 aromatic rings. The number of hydrogen-bond acceptors (Lipinski definition) is 4. The lowest BCUT2D eigenvalue weighted by Gasteiger charge is -2.22. The second-order valence-electron chi connectivity index (χ2n) is 6.12. The van der Waals surface area contributed by atoms with E-state index in [1.54, 1.807) is 7.11 Å². The minimum absolute atomic E-state index is 0.435. The Hall–Kier alpha value is -2.41. The maximum Gasteiger partial charge on any atom is 0.193 e. The van der Waals surface area contributed by atoms with Crippen molar-refractivity contribution in [2.24, 2.45) is 16.6 Å². The smallest absolute Gasteiger partial charge is 0.193 e. The van der Waals surface area contributed by atoms with Crippen molar-refractivity contribution in [1.29, 1.82) is 0 Å². The van der Waals surface area contributed by atoms with Gasteiger partial charge in [0.25, 0.3) is 0 Å². The Morgan fingerprint density at radius 3 is 3.08 bits per heavy atom. The Labute approximate surface area is 141 Å². The molecule has 1 aromatic carbocycles. The summed E-state index contributed by atoms with van der Waals surface area (Å²) in [6.45, 7) is 4.13. The quantitative estimate of drug-likeness (QED) is 0.644. The summed E-state index contributed by atoms with van der Waals surface area (Å²) in [6.07, 6.45) is 2.01. The number of para-hydroxylation sites is 1. The second kappa shape index (κ2) is 7.44. The Kier molecular flexibility index (Phi) is 5.10. The van der Waals surface area contributed by atoms with Gasteiger partial charge in [0.15, 0.2) is 5.96 Å². The first-order valence-electron chi connectivity index (χ1n) is 8.20. The van der Waals surface area contributed by atoms with Gasteiger partial charge in [-0.25, -0.2) is 0 Å². The van der Waals surface area contributed by atoms with Crippen molar-refractivity contribution in [3.8, 4) is 0 Å². The van der Waals surface area contributed by atoms with Gasteiger partial charge < -0.3 is 20.4 Å². The monoisotopic (exact) mass is 328 g/mol. The zero-order valence-electron chi connectivity index (χ0n) is 14.2. The van der Waals surface area contributed by atoms with Crippen LogP contribution >= 0.6 is 0 Å². The number of fused-ring (bicyclic) bond motifs is 1. The summed E-state index contributed by atoms with van der Waals surface area (Å²) in [5, 5.41) is 11.5. The topological polar surface area (TPSA) is 90.3 Å². The minimum atomic E-state index is 0.435. The third-order valence-corrected chi connectivity index (χ3v) is 4.33. The van der Waals surface area contributed by atoms with Gasteiger partial charge in [-0.2, -0.15) is 0 Å². The number of aromatic nitrogens is 3. The fourth-order valence-corrected chi connectivity index (χ4v) is 3.01. The maximum atomic E-state index is 6.06. The van der Waals surface area contributed by atoms with Gasteiger partial charge >= 0.3 is 0 Å². The minimum Gasteiger partial charge on any atom is -0.380 e. The van der Waals surface area contributed by atoms with Crippen molar-refractivity contribution in [3.05, 3.63) is 41.5 Å². The van der Waals surface area contributed by atoms with Gasteiger partial charge in [0.2, 0.25) is 0 Å². The highest BCUT2D eigenvalue weighted by Gasteiger charge is 2.21. The number of anilines is 1. The molecular formula is C17H24N6O. The molecule has 1 aliphatic rings. The Bertz CT molecular complexity index is 724. The van der Waals surface area contributed by atoms with Crippen molar-refractivity contribution in [2.75, 3.05) is 19.0 Å². The van der Waals surface area contributed by atoms with E-state index in [1.807, 2.05) is 31.2 Å². The first-order chi connectivity index (χ1) is 11.7. The average molecular weight is 328 g/mol. The number of aryl methyl sites for hydroxylation is 2. The van der Waals surface area contributed by atoms with Gasteiger partial charge in [-0.3, -0.25) is 4.99 Å². The molecule has 2 heterocycles. The molecule has 1 aliphatic heterocycles. The van der Waals surface area contributed by atoms with Crippen molar-refractivity contribution in [2.45, 2.75) is 32.9 Å². The first kappa shape index (κ1) is 16.4. The maximum absolute atomic E-state index is 6.06. The van der Waals surface area contributed by atoms with Crippen LogP contribution in [0.2, 0.25) is 0 Å². The SMILES string of the molecule is COCc1ccccc1NC(N)=NCC1CCc2nnc(C)n2C1. The molecule has 7 heteroatoms.